The molecule has 2 amide bonds. The smallest absolute Gasteiger partial charge is 0.251 e. The topological polar surface area (TPSA) is 71.1 Å². The Bertz CT molecular complexity index is 971. The highest BCUT2D eigenvalue weighted by molar-refractivity contribution is 9.10. The predicted molar refractivity (Wildman–Crippen MR) is 112 cm³/mol. The zero-order chi connectivity index (χ0) is 19.2. The monoisotopic (exact) mass is 443 g/mol. The number of amides is 2. The first-order chi connectivity index (χ1) is 13.0. The molecular weight excluding hydrogens is 426 g/mol. The van der Waals surface area contributed by atoms with Crippen LogP contribution in [0.25, 0.3) is 10.6 Å². The average molecular weight is 444 g/mol. The Hall–Kier alpha value is -2.51. The van der Waals surface area contributed by atoms with Crippen LogP contribution in [0, 0.1) is 0 Å². The molecule has 27 heavy (non-hydrogen) atoms. The van der Waals surface area contributed by atoms with Crippen molar-refractivity contribution >= 4 is 44.8 Å². The van der Waals surface area contributed by atoms with Crippen molar-refractivity contribution in [3.05, 3.63) is 69.6 Å². The molecule has 0 radical (unpaired) electrons. The number of aromatic nitrogens is 1. The van der Waals surface area contributed by atoms with Gasteiger partial charge in [0, 0.05) is 33.2 Å². The van der Waals surface area contributed by atoms with E-state index in [2.05, 4.69) is 31.5 Å². The first-order valence-corrected chi connectivity index (χ1v) is 10.1. The van der Waals surface area contributed by atoms with Crippen molar-refractivity contribution in [2.24, 2.45) is 0 Å². The molecule has 1 aromatic heterocycles. The number of hydrogen-bond acceptors (Lipinski definition) is 4. The second kappa shape index (κ2) is 8.92. The van der Waals surface area contributed by atoms with Gasteiger partial charge in [-0.05, 0) is 37.3 Å². The number of anilines is 1. The molecule has 0 spiro atoms. The van der Waals surface area contributed by atoms with Gasteiger partial charge < -0.3 is 10.6 Å². The summed E-state index contributed by atoms with van der Waals surface area (Å²) in [5.41, 5.74) is 2.83. The second-order valence-electron chi connectivity index (χ2n) is 5.82. The van der Waals surface area contributed by atoms with Gasteiger partial charge in [0.05, 0.1) is 12.1 Å². The Balaban J connectivity index is 1.65. The summed E-state index contributed by atoms with van der Waals surface area (Å²) in [7, 11) is 0. The average Bonchev–Trinajstić information content (AvgIpc) is 3.10. The van der Waals surface area contributed by atoms with E-state index in [1.165, 1.54) is 11.3 Å². The van der Waals surface area contributed by atoms with Crippen molar-refractivity contribution in [1.29, 1.82) is 0 Å². The second-order valence-corrected chi connectivity index (χ2v) is 7.59. The lowest BCUT2D eigenvalue weighted by Gasteiger charge is -2.07. The van der Waals surface area contributed by atoms with Crippen LogP contribution in [-0.2, 0) is 11.2 Å². The maximum Gasteiger partial charge on any atom is 0.251 e. The Morgan fingerprint density at radius 2 is 1.96 bits per heavy atom. The number of nitrogens with one attached hydrogen (secondary N) is 2. The molecule has 3 rings (SSSR count). The number of nitrogens with zero attached hydrogens (tertiary/aromatic N) is 1. The van der Waals surface area contributed by atoms with Crippen LogP contribution in [0.3, 0.4) is 0 Å². The standard InChI is InChI=1S/C20H18BrN3O2S/c1-2-22-19(26)13-5-4-8-16(10-13)23-18(25)11-17-12-27-20(24-17)14-6-3-7-15(21)9-14/h3-10,12H,2,11H2,1H3,(H,22,26)(H,23,25). The van der Waals surface area contributed by atoms with Gasteiger partial charge in [0.2, 0.25) is 5.91 Å². The van der Waals surface area contributed by atoms with Gasteiger partial charge in [-0.25, -0.2) is 4.98 Å². The van der Waals surface area contributed by atoms with Crippen molar-refractivity contribution in [1.82, 2.24) is 10.3 Å². The molecule has 0 aliphatic rings. The highest BCUT2D eigenvalue weighted by Gasteiger charge is 2.11. The van der Waals surface area contributed by atoms with Gasteiger partial charge in [0.25, 0.3) is 5.91 Å². The lowest BCUT2D eigenvalue weighted by molar-refractivity contribution is -0.115. The molecule has 3 aromatic rings. The molecule has 2 aromatic carbocycles. The third-order valence-corrected chi connectivity index (χ3v) is 5.14. The molecule has 0 unspecified atom stereocenters. The summed E-state index contributed by atoms with van der Waals surface area (Å²) in [6, 6.07) is 14.8. The third-order valence-electron chi connectivity index (χ3n) is 3.71. The van der Waals surface area contributed by atoms with E-state index in [-0.39, 0.29) is 18.2 Å². The van der Waals surface area contributed by atoms with Gasteiger partial charge in [-0.2, -0.15) is 0 Å². The minimum atomic E-state index is -0.172. The summed E-state index contributed by atoms with van der Waals surface area (Å²) in [6.45, 7) is 2.42. The van der Waals surface area contributed by atoms with E-state index >= 15 is 0 Å². The van der Waals surface area contributed by atoms with E-state index in [4.69, 9.17) is 0 Å². The normalized spacial score (nSPS) is 10.4. The Kier molecular flexibility index (Phi) is 6.36. The summed E-state index contributed by atoms with van der Waals surface area (Å²) in [5, 5.41) is 8.33. The maximum atomic E-state index is 12.3. The number of rotatable bonds is 6. The molecule has 5 nitrogen and oxygen atoms in total. The van der Waals surface area contributed by atoms with Gasteiger partial charge in [0.15, 0.2) is 0 Å². The summed E-state index contributed by atoms with van der Waals surface area (Å²) < 4.78 is 0.987. The number of carbonyl (C=O) groups is 2. The van der Waals surface area contributed by atoms with Crippen LogP contribution in [0.15, 0.2) is 58.4 Å². The zero-order valence-corrected chi connectivity index (χ0v) is 17.1. The van der Waals surface area contributed by atoms with E-state index in [1.54, 1.807) is 24.3 Å². The van der Waals surface area contributed by atoms with Gasteiger partial charge in [-0.15, -0.1) is 11.3 Å². The van der Waals surface area contributed by atoms with E-state index in [0.717, 1.165) is 15.0 Å². The molecule has 0 aliphatic carbocycles. The SMILES string of the molecule is CCNC(=O)c1cccc(NC(=O)Cc2csc(-c3cccc(Br)c3)n2)c1. The Morgan fingerprint density at radius 1 is 1.15 bits per heavy atom. The molecule has 0 saturated carbocycles. The minimum Gasteiger partial charge on any atom is -0.352 e. The van der Waals surface area contributed by atoms with Crippen LogP contribution >= 0.6 is 27.3 Å². The van der Waals surface area contributed by atoms with Crippen molar-refractivity contribution in [3.8, 4) is 10.6 Å². The fourth-order valence-corrected chi connectivity index (χ4v) is 3.73. The fourth-order valence-electron chi connectivity index (χ4n) is 2.51. The lowest BCUT2D eigenvalue weighted by Crippen LogP contribution is -2.23. The van der Waals surface area contributed by atoms with Crippen LogP contribution in [0.2, 0.25) is 0 Å². The zero-order valence-electron chi connectivity index (χ0n) is 14.7. The molecule has 0 fully saturated rings. The molecular formula is C20H18BrN3O2S. The number of thiazole rings is 1. The van der Waals surface area contributed by atoms with Crippen molar-refractivity contribution in [2.45, 2.75) is 13.3 Å². The largest absolute Gasteiger partial charge is 0.352 e. The van der Waals surface area contributed by atoms with E-state index in [0.29, 0.717) is 23.5 Å². The lowest BCUT2D eigenvalue weighted by atomic mass is 10.2. The van der Waals surface area contributed by atoms with Crippen LogP contribution in [0.5, 0.6) is 0 Å². The molecule has 0 saturated heterocycles. The van der Waals surface area contributed by atoms with Crippen molar-refractivity contribution in [2.75, 3.05) is 11.9 Å². The first-order valence-electron chi connectivity index (χ1n) is 8.43. The number of halogens is 1. The minimum absolute atomic E-state index is 0.160. The fraction of sp³-hybridized carbons (Fsp3) is 0.150. The summed E-state index contributed by atoms with van der Waals surface area (Å²) in [4.78, 5) is 28.8. The summed E-state index contributed by atoms with van der Waals surface area (Å²) in [5.74, 6) is -0.332. The third kappa shape index (κ3) is 5.24. The molecule has 0 bridgehead atoms. The quantitative estimate of drug-likeness (QED) is 0.588. The molecule has 138 valence electrons. The number of benzene rings is 2. The van der Waals surface area contributed by atoms with Crippen molar-refractivity contribution in [3.63, 3.8) is 0 Å². The highest BCUT2D eigenvalue weighted by Crippen LogP contribution is 2.26. The molecule has 7 heteroatoms. The predicted octanol–water partition coefficient (Wildman–Crippen LogP) is 4.50. The van der Waals surface area contributed by atoms with Crippen LogP contribution in [0.1, 0.15) is 23.0 Å². The molecule has 1 heterocycles. The Labute approximate surface area is 170 Å². The summed E-state index contributed by atoms with van der Waals surface area (Å²) in [6.07, 6.45) is 0.176. The van der Waals surface area contributed by atoms with Crippen LogP contribution in [-0.4, -0.2) is 23.3 Å². The molecule has 0 atom stereocenters. The van der Waals surface area contributed by atoms with Crippen LogP contribution in [0.4, 0.5) is 5.69 Å². The number of carbonyl (C=O) groups excluding carboxylic acids is 2. The molecule has 2 N–H and O–H groups in total. The van der Waals surface area contributed by atoms with Crippen molar-refractivity contribution < 1.29 is 9.59 Å². The van der Waals surface area contributed by atoms with Gasteiger partial charge >= 0.3 is 0 Å². The van der Waals surface area contributed by atoms with Gasteiger partial charge in [0.1, 0.15) is 5.01 Å². The number of hydrogen-bond donors (Lipinski definition) is 2. The van der Waals surface area contributed by atoms with E-state index in [9.17, 15) is 9.59 Å². The molecule has 0 aliphatic heterocycles. The van der Waals surface area contributed by atoms with Gasteiger partial charge in [-0.3, -0.25) is 9.59 Å². The van der Waals surface area contributed by atoms with E-state index < -0.39 is 0 Å². The first kappa shape index (κ1) is 19.3. The Morgan fingerprint density at radius 3 is 2.74 bits per heavy atom. The van der Waals surface area contributed by atoms with Crippen LogP contribution < -0.4 is 10.6 Å². The van der Waals surface area contributed by atoms with Gasteiger partial charge in [-0.1, -0.05) is 34.1 Å². The highest BCUT2D eigenvalue weighted by atomic mass is 79.9. The van der Waals surface area contributed by atoms with E-state index in [1.807, 2.05) is 36.6 Å². The maximum absolute atomic E-state index is 12.3. The summed E-state index contributed by atoms with van der Waals surface area (Å²) >= 11 is 4.96.